The van der Waals surface area contributed by atoms with Gasteiger partial charge < -0.3 is 24.2 Å². The third-order valence-electron chi connectivity index (χ3n) is 6.11. The lowest BCUT2D eigenvalue weighted by atomic mass is 9.96. The lowest BCUT2D eigenvalue weighted by Crippen LogP contribution is -2.43. The fraction of sp³-hybridized carbons (Fsp3) is 0.207. The summed E-state index contributed by atoms with van der Waals surface area (Å²) in [6, 6.07) is 27.9. The molecular weight excluding hydrogens is 468 g/mol. The zero-order chi connectivity index (χ0) is 26.0. The van der Waals surface area contributed by atoms with Crippen molar-refractivity contribution in [1.29, 1.82) is 0 Å². The van der Waals surface area contributed by atoms with Gasteiger partial charge in [0.2, 0.25) is 5.91 Å². The van der Waals surface area contributed by atoms with Gasteiger partial charge in [-0.1, -0.05) is 60.7 Å². The molecule has 190 valence electrons. The maximum absolute atomic E-state index is 13.1. The van der Waals surface area contributed by atoms with Crippen LogP contribution in [0.15, 0.2) is 104 Å². The standard InChI is InChI=1S/C29H30N4O4/c1-37-26-14-12-25(13-15-26)33(29(23-8-4-2-5-9-23)24-10-6-3-7-11-24)19-18-32(21-28(35)36)27(34)20-31-17-16-30-22-31/h2-17,22,29H,18-21H2,1H3,(H,35,36). The minimum Gasteiger partial charge on any atom is -0.497 e. The molecule has 1 N–H and O–H groups in total. The van der Waals surface area contributed by atoms with E-state index in [9.17, 15) is 14.7 Å². The Morgan fingerprint density at radius 1 is 0.919 bits per heavy atom. The van der Waals surface area contributed by atoms with Crippen LogP contribution in [-0.4, -0.2) is 58.2 Å². The number of methoxy groups -OCH3 is 1. The van der Waals surface area contributed by atoms with E-state index in [-0.39, 0.29) is 31.6 Å². The van der Waals surface area contributed by atoms with Crippen molar-refractivity contribution in [2.75, 3.05) is 31.6 Å². The van der Waals surface area contributed by atoms with E-state index in [2.05, 4.69) is 34.1 Å². The molecule has 0 saturated carbocycles. The van der Waals surface area contributed by atoms with E-state index < -0.39 is 5.97 Å². The highest BCUT2D eigenvalue weighted by atomic mass is 16.5. The third-order valence-corrected chi connectivity index (χ3v) is 6.11. The van der Waals surface area contributed by atoms with Gasteiger partial charge in [0.15, 0.2) is 0 Å². The second-order valence-corrected chi connectivity index (χ2v) is 8.56. The van der Waals surface area contributed by atoms with Crippen LogP contribution in [0.4, 0.5) is 5.69 Å². The van der Waals surface area contributed by atoms with Gasteiger partial charge in [0.25, 0.3) is 0 Å². The second-order valence-electron chi connectivity index (χ2n) is 8.56. The molecule has 37 heavy (non-hydrogen) atoms. The normalized spacial score (nSPS) is 10.8. The van der Waals surface area contributed by atoms with Crippen LogP contribution in [0.2, 0.25) is 0 Å². The molecule has 0 fully saturated rings. The van der Waals surface area contributed by atoms with Gasteiger partial charge in [0.05, 0.1) is 19.5 Å². The number of aromatic nitrogens is 2. The summed E-state index contributed by atoms with van der Waals surface area (Å²) >= 11 is 0. The van der Waals surface area contributed by atoms with E-state index in [1.54, 1.807) is 30.4 Å². The van der Waals surface area contributed by atoms with Gasteiger partial charge in [-0.2, -0.15) is 0 Å². The van der Waals surface area contributed by atoms with Crippen molar-refractivity contribution < 1.29 is 19.4 Å². The van der Waals surface area contributed by atoms with Crippen LogP contribution in [0.1, 0.15) is 17.2 Å². The maximum Gasteiger partial charge on any atom is 0.323 e. The van der Waals surface area contributed by atoms with Crippen LogP contribution in [0.25, 0.3) is 0 Å². The number of hydrogen-bond acceptors (Lipinski definition) is 5. The van der Waals surface area contributed by atoms with E-state index >= 15 is 0 Å². The number of hydrogen-bond donors (Lipinski definition) is 1. The minimum absolute atomic E-state index is 0.0244. The van der Waals surface area contributed by atoms with Gasteiger partial charge >= 0.3 is 5.97 Å². The number of benzene rings is 3. The molecule has 4 rings (SSSR count). The average molecular weight is 499 g/mol. The fourth-order valence-electron chi connectivity index (χ4n) is 4.32. The molecule has 0 spiro atoms. The van der Waals surface area contributed by atoms with Gasteiger partial charge in [-0.25, -0.2) is 4.98 Å². The number of nitrogens with zero attached hydrogens (tertiary/aromatic N) is 4. The summed E-state index contributed by atoms with van der Waals surface area (Å²) in [7, 11) is 1.62. The molecule has 0 aliphatic rings. The zero-order valence-electron chi connectivity index (χ0n) is 20.7. The predicted molar refractivity (Wildman–Crippen MR) is 142 cm³/mol. The SMILES string of the molecule is COc1ccc(N(CCN(CC(=O)O)C(=O)Cn2ccnc2)C(c2ccccc2)c2ccccc2)cc1. The van der Waals surface area contributed by atoms with Crippen molar-refractivity contribution in [3.05, 3.63) is 115 Å². The summed E-state index contributed by atoms with van der Waals surface area (Å²) < 4.78 is 6.99. The Labute approximate surface area is 216 Å². The highest BCUT2D eigenvalue weighted by molar-refractivity contribution is 5.81. The van der Waals surface area contributed by atoms with E-state index in [0.29, 0.717) is 6.54 Å². The minimum atomic E-state index is -1.06. The summed E-state index contributed by atoms with van der Waals surface area (Å²) in [5, 5.41) is 9.52. The Bertz CT molecular complexity index is 1220. The van der Waals surface area contributed by atoms with Gasteiger partial charge in [0.1, 0.15) is 18.8 Å². The molecule has 0 unspecified atom stereocenters. The van der Waals surface area contributed by atoms with E-state index in [0.717, 1.165) is 22.6 Å². The summed E-state index contributed by atoms with van der Waals surface area (Å²) in [5.74, 6) is -0.605. The summed E-state index contributed by atoms with van der Waals surface area (Å²) in [6.45, 7) is 0.272. The Morgan fingerprint density at radius 3 is 2.05 bits per heavy atom. The summed E-state index contributed by atoms with van der Waals surface area (Å²) in [5.41, 5.74) is 3.09. The van der Waals surface area contributed by atoms with Crippen LogP contribution in [-0.2, 0) is 16.1 Å². The molecule has 1 heterocycles. The number of anilines is 1. The first kappa shape index (κ1) is 25.5. The highest BCUT2D eigenvalue weighted by Crippen LogP contribution is 2.33. The molecule has 0 aliphatic carbocycles. The molecule has 3 aromatic carbocycles. The van der Waals surface area contributed by atoms with Crippen LogP contribution < -0.4 is 9.64 Å². The molecule has 1 aromatic heterocycles. The van der Waals surface area contributed by atoms with Crippen LogP contribution in [0.5, 0.6) is 5.75 Å². The Kier molecular flexibility index (Phi) is 8.54. The largest absolute Gasteiger partial charge is 0.497 e. The number of ether oxygens (including phenoxy) is 1. The van der Waals surface area contributed by atoms with Crippen molar-refractivity contribution >= 4 is 17.6 Å². The lowest BCUT2D eigenvalue weighted by molar-refractivity contribution is -0.144. The zero-order valence-corrected chi connectivity index (χ0v) is 20.7. The summed E-state index contributed by atoms with van der Waals surface area (Å²) in [6.07, 6.45) is 4.81. The molecule has 8 nitrogen and oxygen atoms in total. The fourth-order valence-corrected chi connectivity index (χ4v) is 4.32. The van der Waals surface area contributed by atoms with Crippen LogP contribution in [0, 0.1) is 0 Å². The number of carbonyl (C=O) groups is 2. The smallest absolute Gasteiger partial charge is 0.323 e. The van der Waals surface area contributed by atoms with Crippen LogP contribution >= 0.6 is 0 Å². The number of rotatable bonds is 12. The average Bonchev–Trinajstić information content (AvgIpc) is 3.44. The highest BCUT2D eigenvalue weighted by Gasteiger charge is 2.25. The third kappa shape index (κ3) is 6.76. The molecule has 0 aliphatic heterocycles. The molecule has 8 heteroatoms. The van der Waals surface area contributed by atoms with Crippen molar-refractivity contribution in [1.82, 2.24) is 14.5 Å². The molecule has 0 bridgehead atoms. The first-order valence-corrected chi connectivity index (χ1v) is 12.0. The lowest BCUT2D eigenvalue weighted by Gasteiger charge is -2.36. The number of amides is 1. The summed E-state index contributed by atoms with van der Waals surface area (Å²) in [4.78, 5) is 32.3. The molecular formula is C29H30N4O4. The first-order chi connectivity index (χ1) is 18.0. The van der Waals surface area contributed by atoms with Crippen molar-refractivity contribution in [3.63, 3.8) is 0 Å². The van der Waals surface area contributed by atoms with Gasteiger partial charge in [-0.3, -0.25) is 9.59 Å². The number of carbonyl (C=O) groups excluding carboxylic acids is 1. The Hall–Kier alpha value is -4.59. The van der Waals surface area contributed by atoms with E-state index in [1.807, 2.05) is 60.7 Å². The second kappa shape index (κ2) is 12.4. The molecule has 0 saturated heterocycles. The number of aliphatic carboxylic acids is 1. The molecule has 1 amide bonds. The van der Waals surface area contributed by atoms with Crippen molar-refractivity contribution in [2.45, 2.75) is 12.6 Å². The van der Waals surface area contributed by atoms with Gasteiger partial charge in [-0.15, -0.1) is 0 Å². The van der Waals surface area contributed by atoms with E-state index in [1.165, 1.54) is 4.90 Å². The van der Waals surface area contributed by atoms with Crippen molar-refractivity contribution in [3.8, 4) is 5.75 Å². The predicted octanol–water partition coefficient (Wildman–Crippen LogP) is 4.10. The molecule has 4 aromatic rings. The van der Waals surface area contributed by atoms with Crippen LogP contribution in [0.3, 0.4) is 0 Å². The maximum atomic E-state index is 13.1. The monoisotopic (exact) mass is 498 g/mol. The quantitative estimate of drug-likeness (QED) is 0.316. The Balaban J connectivity index is 1.69. The van der Waals surface area contributed by atoms with E-state index in [4.69, 9.17) is 4.74 Å². The Morgan fingerprint density at radius 2 is 1.54 bits per heavy atom. The molecule has 0 atom stereocenters. The molecule has 0 radical (unpaired) electrons. The van der Waals surface area contributed by atoms with Gasteiger partial charge in [0, 0.05) is 31.2 Å². The topological polar surface area (TPSA) is 87.9 Å². The van der Waals surface area contributed by atoms with Crippen molar-refractivity contribution in [2.24, 2.45) is 0 Å². The number of imidazole rings is 1. The number of carboxylic acids is 1. The first-order valence-electron chi connectivity index (χ1n) is 12.0. The number of carboxylic acid groups (broad SMARTS) is 1. The van der Waals surface area contributed by atoms with Gasteiger partial charge in [-0.05, 0) is 35.4 Å².